The summed E-state index contributed by atoms with van der Waals surface area (Å²) in [6.07, 6.45) is 0. The second-order valence-corrected chi connectivity index (χ2v) is 5.10. The quantitative estimate of drug-likeness (QED) is 0.829. The SMILES string of the molecule is COc1ccccc1CNc1ccc(Cl)cc1C(N)=S. The molecule has 0 aliphatic heterocycles. The highest BCUT2D eigenvalue weighted by Gasteiger charge is 2.07. The van der Waals surface area contributed by atoms with E-state index in [9.17, 15) is 0 Å². The summed E-state index contributed by atoms with van der Waals surface area (Å²) in [6, 6.07) is 13.3. The summed E-state index contributed by atoms with van der Waals surface area (Å²) < 4.78 is 5.32. The van der Waals surface area contributed by atoms with E-state index in [0.29, 0.717) is 16.6 Å². The van der Waals surface area contributed by atoms with Gasteiger partial charge in [0.1, 0.15) is 10.7 Å². The van der Waals surface area contributed by atoms with Crippen molar-refractivity contribution in [3.8, 4) is 5.75 Å². The van der Waals surface area contributed by atoms with Crippen molar-refractivity contribution in [2.45, 2.75) is 6.54 Å². The molecule has 0 aliphatic carbocycles. The summed E-state index contributed by atoms with van der Waals surface area (Å²) >= 11 is 11.0. The van der Waals surface area contributed by atoms with E-state index in [-0.39, 0.29) is 0 Å². The average Bonchev–Trinajstić information content (AvgIpc) is 2.46. The Bertz CT molecular complexity index is 631. The molecule has 5 heteroatoms. The Labute approximate surface area is 128 Å². The lowest BCUT2D eigenvalue weighted by atomic mass is 10.1. The molecule has 104 valence electrons. The van der Waals surface area contributed by atoms with Crippen LogP contribution in [-0.2, 0) is 6.54 Å². The van der Waals surface area contributed by atoms with Crippen molar-refractivity contribution < 1.29 is 4.74 Å². The highest BCUT2D eigenvalue weighted by molar-refractivity contribution is 7.80. The smallest absolute Gasteiger partial charge is 0.123 e. The Morgan fingerprint density at radius 3 is 2.75 bits per heavy atom. The van der Waals surface area contributed by atoms with E-state index in [0.717, 1.165) is 22.6 Å². The molecule has 2 aromatic rings. The summed E-state index contributed by atoms with van der Waals surface area (Å²) in [5.41, 5.74) is 8.36. The van der Waals surface area contributed by atoms with Gasteiger partial charge in [-0.15, -0.1) is 0 Å². The molecule has 20 heavy (non-hydrogen) atoms. The van der Waals surface area contributed by atoms with Crippen LogP contribution in [0.2, 0.25) is 5.02 Å². The van der Waals surface area contributed by atoms with Crippen LogP contribution < -0.4 is 15.8 Å². The number of ether oxygens (including phenoxy) is 1. The van der Waals surface area contributed by atoms with Gasteiger partial charge in [-0.05, 0) is 24.3 Å². The van der Waals surface area contributed by atoms with Crippen LogP contribution in [0.1, 0.15) is 11.1 Å². The molecular weight excluding hydrogens is 292 g/mol. The molecule has 0 unspecified atom stereocenters. The highest BCUT2D eigenvalue weighted by atomic mass is 35.5. The Morgan fingerprint density at radius 1 is 1.30 bits per heavy atom. The number of nitrogens with one attached hydrogen (secondary N) is 1. The van der Waals surface area contributed by atoms with Crippen LogP contribution in [0, 0.1) is 0 Å². The molecular formula is C15H15ClN2OS. The van der Waals surface area contributed by atoms with Crippen molar-refractivity contribution in [1.82, 2.24) is 0 Å². The van der Waals surface area contributed by atoms with E-state index in [2.05, 4.69) is 5.32 Å². The van der Waals surface area contributed by atoms with Gasteiger partial charge in [0, 0.05) is 28.4 Å². The molecule has 2 aromatic carbocycles. The van der Waals surface area contributed by atoms with Crippen LogP contribution in [0.15, 0.2) is 42.5 Å². The van der Waals surface area contributed by atoms with Crippen LogP contribution in [-0.4, -0.2) is 12.1 Å². The number of para-hydroxylation sites is 1. The van der Waals surface area contributed by atoms with Gasteiger partial charge in [-0.25, -0.2) is 0 Å². The third-order valence-electron chi connectivity index (χ3n) is 2.91. The van der Waals surface area contributed by atoms with E-state index in [1.165, 1.54) is 0 Å². The van der Waals surface area contributed by atoms with E-state index < -0.39 is 0 Å². The second kappa shape index (κ2) is 6.59. The molecule has 0 spiro atoms. The maximum absolute atomic E-state index is 5.96. The molecule has 0 saturated heterocycles. The lowest BCUT2D eigenvalue weighted by Crippen LogP contribution is -2.13. The molecule has 3 N–H and O–H groups in total. The average molecular weight is 307 g/mol. The number of anilines is 1. The van der Waals surface area contributed by atoms with Gasteiger partial charge >= 0.3 is 0 Å². The summed E-state index contributed by atoms with van der Waals surface area (Å²) in [7, 11) is 1.65. The van der Waals surface area contributed by atoms with E-state index in [1.54, 1.807) is 19.2 Å². The standard InChI is InChI=1S/C15H15ClN2OS/c1-19-14-5-3-2-4-10(14)9-18-13-7-6-11(16)8-12(13)15(17)20/h2-8,18H,9H2,1H3,(H2,17,20). The number of hydrogen-bond donors (Lipinski definition) is 2. The fourth-order valence-electron chi connectivity index (χ4n) is 1.91. The maximum Gasteiger partial charge on any atom is 0.123 e. The van der Waals surface area contributed by atoms with Gasteiger partial charge in [0.25, 0.3) is 0 Å². The van der Waals surface area contributed by atoms with Gasteiger partial charge in [0.2, 0.25) is 0 Å². The minimum atomic E-state index is 0.315. The van der Waals surface area contributed by atoms with Gasteiger partial charge in [-0.2, -0.15) is 0 Å². The predicted octanol–water partition coefficient (Wildman–Crippen LogP) is 3.59. The molecule has 0 aliphatic rings. The van der Waals surface area contributed by atoms with Crippen molar-refractivity contribution in [2.24, 2.45) is 5.73 Å². The lowest BCUT2D eigenvalue weighted by Gasteiger charge is -2.13. The van der Waals surface area contributed by atoms with Crippen molar-refractivity contribution in [3.05, 3.63) is 58.6 Å². The largest absolute Gasteiger partial charge is 0.496 e. The van der Waals surface area contributed by atoms with Gasteiger partial charge in [0.15, 0.2) is 0 Å². The topological polar surface area (TPSA) is 47.3 Å². The Kier molecular flexibility index (Phi) is 4.82. The van der Waals surface area contributed by atoms with E-state index in [1.807, 2.05) is 30.3 Å². The van der Waals surface area contributed by atoms with Crippen LogP contribution in [0.25, 0.3) is 0 Å². The summed E-state index contributed by atoms with van der Waals surface area (Å²) in [5.74, 6) is 0.839. The molecule has 0 atom stereocenters. The molecule has 3 nitrogen and oxygen atoms in total. The first kappa shape index (κ1) is 14.6. The van der Waals surface area contributed by atoms with Crippen molar-refractivity contribution >= 4 is 34.5 Å². The number of nitrogens with two attached hydrogens (primary N) is 1. The number of methoxy groups -OCH3 is 1. The Morgan fingerprint density at radius 2 is 2.05 bits per heavy atom. The first-order chi connectivity index (χ1) is 9.61. The molecule has 0 amide bonds. The summed E-state index contributed by atoms with van der Waals surface area (Å²) in [5, 5.41) is 3.91. The maximum atomic E-state index is 5.96. The van der Waals surface area contributed by atoms with Crippen LogP contribution in [0.4, 0.5) is 5.69 Å². The highest BCUT2D eigenvalue weighted by Crippen LogP contribution is 2.23. The Hall–Kier alpha value is -1.78. The second-order valence-electron chi connectivity index (χ2n) is 4.22. The molecule has 0 radical (unpaired) electrons. The minimum Gasteiger partial charge on any atom is -0.496 e. The molecule has 0 aromatic heterocycles. The van der Waals surface area contributed by atoms with Crippen LogP contribution in [0.3, 0.4) is 0 Å². The third kappa shape index (κ3) is 3.40. The number of benzene rings is 2. The number of halogens is 1. The van der Waals surface area contributed by atoms with Crippen molar-refractivity contribution in [2.75, 3.05) is 12.4 Å². The third-order valence-corrected chi connectivity index (χ3v) is 3.36. The summed E-state index contributed by atoms with van der Waals surface area (Å²) in [4.78, 5) is 0.315. The normalized spacial score (nSPS) is 10.1. The zero-order valence-electron chi connectivity index (χ0n) is 11.0. The van der Waals surface area contributed by atoms with Gasteiger partial charge in [-0.3, -0.25) is 0 Å². The first-order valence-corrected chi connectivity index (χ1v) is 6.85. The fraction of sp³-hybridized carbons (Fsp3) is 0.133. The Balaban J connectivity index is 2.21. The zero-order chi connectivity index (χ0) is 14.5. The van der Waals surface area contributed by atoms with E-state index in [4.69, 9.17) is 34.3 Å². The van der Waals surface area contributed by atoms with Crippen LogP contribution in [0.5, 0.6) is 5.75 Å². The van der Waals surface area contributed by atoms with E-state index >= 15 is 0 Å². The molecule has 2 rings (SSSR count). The number of hydrogen-bond acceptors (Lipinski definition) is 3. The molecule has 0 heterocycles. The molecule has 0 fully saturated rings. The van der Waals surface area contributed by atoms with Gasteiger partial charge in [0.05, 0.1) is 7.11 Å². The van der Waals surface area contributed by atoms with Gasteiger partial charge < -0.3 is 15.8 Å². The molecule has 0 saturated carbocycles. The number of rotatable bonds is 5. The van der Waals surface area contributed by atoms with Gasteiger partial charge in [-0.1, -0.05) is 42.0 Å². The monoisotopic (exact) mass is 306 g/mol. The lowest BCUT2D eigenvalue weighted by molar-refractivity contribution is 0.410. The fourth-order valence-corrected chi connectivity index (χ4v) is 2.25. The predicted molar refractivity (Wildman–Crippen MR) is 87.7 cm³/mol. The zero-order valence-corrected chi connectivity index (χ0v) is 12.6. The van der Waals surface area contributed by atoms with Crippen molar-refractivity contribution in [3.63, 3.8) is 0 Å². The minimum absolute atomic E-state index is 0.315. The van der Waals surface area contributed by atoms with Crippen LogP contribution >= 0.6 is 23.8 Å². The first-order valence-electron chi connectivity index (χ1n) is 6.07. The number of thiocarbonyl (C=S) groups is 1. The summed E-state index contributed by atoms with van der Waals surface area (Å²) in [6.45, 7) is 0.612. The molecule has 0 bridgehead atoms. The van der Waals surface area contributed by atoms with Crippen molar-refractivity contribution in [1.29, 1.82) is 0 Å².